The average molecular weight is 443 g/mol. The highest BCUT2D eigenvalue weighted by atomic mass is 32.2. The minimum atomic E-state index is -5.26. The van der Waals surface area contributed by atoms with E-state index in [0.717, 1.165) is 6.07 Å². The second-order valence-electron chi connectivity index (χ2n) is 6.81. The summed E-state index contributed by atoms with van der Waals surface area (Å²) in [6, 6.07) is 7.55. The molecule has 0 fully saturated rings. The number of hydrogen-bond donors (Lipinski definition) is 2. The topological polar surface area (TPSA) is 110 Å². The highest BCUT2D eigenvalue weighted by molar-refractivity contribution is 7.90. The van der Waals surface area contributed by atoms with Crippen molar-refractivity contribution in [3.8, 4) is 5.75 Å². The number of carbonyl (C=O) groups excluding carboxylic acids is 2. The monoisotopic (exact) mass is 443 g/mol. The lowest BCUT2D eigenvalue weighted by molar-refractivity contribution is -0.242. The van der Waals surface area contributed by atoms with Crippen molar-refractivity contribution in [2.45, 2.75) is 29.3 Å². The first-order valence-electron chi connectivity index (χ1n) is 8.47. The normalized spacial score (nSPS) is 17.2. The Morgan fingerprint density at radius 2 is 1.87 bits per heavy atom. The van der Waals surface area contributed by atoms with Crippen molar-refractivity contribution in [3.05, 3.63) is 53.1 Å². The van der Waals surface area contributed by atoms with Gasteiger partial charge in [0, 0.05) is 5.56 Å². The Morgan fingerprint density at radius 3 is 2.47 bits per heavy atom. The third kappa shape index (κ3) is 3.54. The number of ketones is 1. The van der Waals surface area contributed by atoms with E-state index in [4.69, 9.17) is 4.74 Å². The third-order valence-corrected chi connectivity index (χ3v) is 6.43. The Morgan fingerprint density at radius 1 is 1.20 bits per heavy atom. The molecule has 7 nitrogen and oxygen atoms in total. The number of sulfone groups is 1. The quantitative estimate of drug-likeness (QED) is 0.754. The Balaban J connectivity index is 2.15. The molecular formula is C19H16F3NO6S. The number of nitrogens with one attached hydrogen (secondary N) is 1. The van der Waals surface area contributed by atoms with Gasteiger partial charge in [-0.2, -0.15) is 13.2 Å². The van der Waals surface area contributed by atoms with Gasteiger partial charge in [0.15, 0.2) is 15.6 Å². The maximum Gasteiger partial charge on any atom is 0.426 e. The molecule has 3 rings (SSSR count). The summed E-state index contributed by atoms with van der Waals surface area (Å²) in [5.74, 6) is -3.02. The van der Waals surface area contributed by atoms with E-state index in [1.54, 1.807) is 0 Å². The van der Waals surface area contributed by atoms with Crippen molar-refractivity contribution in [3.63, 3.8) is 0 Å². The number of fused-ring (bicyclic) bond motifs is 2. The van der Waals surface area contributed by atoms with Gasteiger partial charge in [0.05, 0.1) is 29.0 Å². The second-order valence-corrected chi connectivity index (χ2v) is 8.77. The van der Waals surface area contributed by atoms with Gasteiger partial charge in [0.1, 0.15) is 5.75 Å². The highest BCUT2D eigenvalue weighted by Crippen LogP contribution is 2.36. The van der Waals surface area contributed by atoms with Crippen LogP contribution >= 0.6 is 0 Å². The van der Waals surface area contributed by atoms with Gasteiger partial charge in [-0.25, -0.2) is 8.42 Å². The molecule has 0 radical (unpaired) electrons. The number of amides is 1. The first kappa shape index (κ1) is 21.8. The van der Waals surface area contributed by atoms with Gasteiger partial charge in [-0.15, -0.1) is 0 Å². The number of carbonyl (C=O) groups is 2. The van der Waals surface area contributed by atoms with Crippen LogP contribution in [0.4, 0.5) is 18.9 Å². The van der Waals surface area contributed by atoms with Crippen LogP contribution in [0.3, 0.4) is 0 Å². The molecule has 0 saturated heterocycles. The smallest absolute Gasteiger partial charge is 0.426 e. The molecule has 1 unspecified atom stereocenters. The van der Waals surface area contributed by atoms with Gasteiger partial charge in [0.2, 0.25) is 5.60 Å². The van der Waals surface area contributed by atoms with E-state index in [0.29, 0.717) is 0 Å². The van der Waals surface area contributed by atoms with Gasteiger partial charge in [0.25, 0.3) is 5.91 Å². The number of hydrogen-bond acceptors (Lipinski definition) is 6. The van der Waals surface area contributed by atoms with Gasteiger partial charge >= 0.3 is 6.18 Å². The number of benzene rings is 2. The van der Waals surface area contributed by atoms with E-state index in [1.807, 2.05) is 5.32 Å². The van der Waals surface area contributed by atoms with E-state index in [-0.39, 0.29) is 39.9 Å². The number of anilines is 1. The Kier molecular flexibility index (Phi) is 5.15. The Labute approximate surface area is 169 Å². The molecule has 30 heavy (non-hydrogen) atoms. The van der Waals surface area contributed by atoms with E-state index >= 15 is 0 Å². The molecule has 2 aromatic rings. The summed E-state index contributed by atoms with van der Waals surface area (Å²) >= 11 is 0. The molecule has 11 heteroatoms. The van der Waals surface area contributed by atoms with Crippen molar-refractivity contribution in [2.75, 3.05) is 12.4 Å². The van der Waals surface area contributed by atoms with Gasteiger partial charge in [-0.1, -0.05) is 12.1 Å². The predicted molar refractivity (Wildman–Crippen MR) is 99.1 cm³/mol. The minimum absolute atomic E-state index is 0.000353. The molecule has 0 saturated carbocycles. The lowest BCUT2D eigenvalue weighted by Gasteiger charge is -2.25. The van der Waals surface area contributed by atoms with Gasteiger partial charge in [-0.05, 0) is 36.8 Å². The Hall–Kier alpha value is -2.92. The van der Waals surface area contributed by atoms with Crippen LogP contribution < -0.4 is 10.1 Å². The van der Waals surface area contributed by atoms with Crippen LogP contribution in [-0.2, 0) is 20.4 Å². The molecule has 0 bridgehead atoms. The lowest BCUT2D eigenvalue weighted by Crippen LogP contribution is -2.52. The van der Waals surface area contributed by atoms with Crippen molar-refractivity contribution in [1.29, 1.82) is 0 Å². The molecule has 1 atom stereocenters. The number of methoxy groups -OCH3 is 1. The molecule has 1 heterocycles. The molecule has 0 aromatic heterocycles. The maximum atomic E-state index is 13.1. The van der Waals surface area contributed by atoms with Crippen molar-refractivity contribution in [2.24, 2.45) is 0 Å². The molecule has 160 valence electrons. The van der Waals surface area contributed by atoms with Crippen molar-refractivity contribution >= 4 is 27.2 Å². The number of rotatable bonds is 3. The van der Waals surface area contributed by atoms with Crippen LogP contribution in [0.5, 0.6) is 5.75 Å². The van der Waals surface area contributed by atoms with E-state index in [2.05, 4.69) is 0 Å². The zero-order valence-corrected chi connectivity index (χ0v) is 16.5. The summed E-state index contributed by atoms with van der Waals surface area (Å²) in [4.78, 5) is 24.9. The van der Waals surface area contributed by atoms with Gasteiger partial charge in [-0.3, -0.25) is 9.59 Å². The van der Waals surface area contributed by atoms with Crippen molar-refractivity contribution < 1.29 is 41.0 Å². The number of aliphatic hydroxyl groups is 1. The molecule has 1 aliphatic rings. The summed E-state index contributed by atoms with van der Waals surface area (Å²) < 4.78 is 69.5. The molecular weight excluding hydrogens is 427 g/mol. The van der Waals surface area contributed by atoms with Gasteiger partial charge < -0.3 is 15.2 Å². The molecule has 2 aromatic carbocycles. The fraction of sp³-hybridized carbons (Fsp3) is 0.263. The van der Waals surface area contributed by atoms with Crippen LogP contribution in [0.1, 0.15) is 28.4 Å². The largest absolute Gasteiger partial charge is 0.497 e. The minimum Gasteiger partial charge on any atom is -0.497 e. The molecule has 1 aliphatic heterocycles. The van der Waals surface area contributed by atoms with E-state index < -0.39 is 39.1 Å². The summed E-state index contributed by atoms with van der Waals surface area (Å²) in [5.41, 5.74) is -4.54. The van der Waals surface area contributed by atoms with Crippen LogP contribution in [0.25, 0.3) is 0 Å². The van der Waals surface area contributed by atoms with Crippen molar-refractivity contribution in [1.82, 2.24) is 0 Å². The predicted octanol–water partition coefficient (Wildman–Crippen LogP) is 2.47. The zero-order chi connectivity index (χ0) is 22.5. The first-order valence-corrected chi connectivity index (χ1v) is 10.1. The lowest BCUT2D eigenvalue weighted by atomic mass is 9.96. The molecule has 2 N–H and O–H groups in total. The number of halogens is 3. The fourth-order valence-electron chi connectivity index (χ4n) is 2.96. The summed E-state index contributed by atoms with van der Waals surface area (Å²) in [6.07, 6.45) is -5.26. The molecule has 0 aliphatic carbocycles. The number of alkyl halides is 3. The summed E-state index contributed by atoms with van der Waals surface area (Å²) in [7, 11) is -2.68. The van der Waals surface area contributed by atoms with Crippen LogP contribution in [-0.4, -0.2) is 44.1 Å². The highest BCUT2D eigenvalue weighted by Gasteiger charge is 2.56. The van der Waals surface area contributed by atoms with Crippen LogP contribution in [0.2, 0.25) is 0 Å². The Bertz CT molecular complexity index is 1160. The third-order valence-electron chi connectivity index (χ3n) is 4.73. The maximum absolute atomic E-state index is 13.1. The van der Waals surface area contributed by atoms with E-state index in [1.165, 1.54) is 37.4 Å². The molecule has 1 amide bonds. The summed E-state index contributed by atoms with van der Waals surface area (Å²) in [5, 5.41) is 11.5. The summed E-state index contributed by atoms with van der Waals surface area (Å²) in [6.45, 7) is 0.276. The SMILES string of the molecule is COc1ccc2c(c1)S(=O)(=O)Cc1cccc(NC(=O)C(C)(O)C(F)(F)F)c1C2=O. The standard InChI is InChI=1S/C19H16F3NO6S/c1-18(26,19(20,21)22)17(25)23-13-5-3-4-10-9-30(27,28)14-8-11(29-2)6-7-12(14)16(24)15(10)13/h3-8,26H,9H2,1-2H3,(H,23,25). The van der Waals surface area contributed by atoms with Crippen LogP contribution in [0, 0.1) is 0 Å². The second kappa shape index (κ2) is 7.10. The zero-order valence-electron chi connectivity index (χ0n) is 15.7. The van der Waals surface area contributed by atoms with E-state index in [9.17, 15) is 36.3 Å². The average Bonchev–Trinajstić information content (AvgIpc) is 2.73. The fourth-order valence-corrected chi connectivity index (χ4v) is 4.55. The number of ether oxygens (including phenoxy) is 1. The van der Waals surface area contributed by atoms with Crippen LogP contribution in [0.15, 0.2) is 41.3 Å². The molecule has 0 spiro atoms. The first-order chi connectivity index (χ1) is 13.8.